The number of ether oxygens (including phenoxy) is 1. The van der Waals surface area contributed by atoms with Crippen molar-refractivity contribution in [2.75, 3.05) is 7.11 Å². The number of aromatic nitrogens is 1. The first-order valence-electron chi connectivity index (χ1n) is 7.24. The third kappa shape index (κ3) is 3.08. The molecule has 0 aliphatic rings. The lowest BCUT2D eigenvalue weighted by Gasteiger charge is -2.04. The predicted molar refractivity (Wildman–Crippen MR) is 91.0 cm³/mol. The fourth-order valence-electron chi connectivity index (χ4n) is 2.37. The van der Waals surface area contributed by atoms with E-state index >= 15 is 0 Å². The van der Waals surface area contributed by atoms with Crippen molar-refractivity contribution in [3.63, 3.8) is 0 Å². The summed E-state index contributed by atoms with van der Waals surface area (Å²) in [6, 6.07) is 14.8. The first kappa shape index (κ1) is 14.8. The van der Waals surface area contributed by atoms with E-state index in [1.54, 1.807) is 31.4 Å². The summed E-state index contributed by atoms with van der Waals surface area (Å²) < 4.78 is 5.07. The van der Waals surface area contributed by atoms with Gasteiger partial charge < -0.3 is 9.72 Å². The normalized spacial score (nSPS) is 11.5. The standard InChI is InChI=1S/C18H17N3O2/c1-12(16-11-19-17-6-4-3-5-15(16)17)20-21-18(22)13-7-9-14(23-2)10-8-13/h3-11,19H,1-2H3,(H,21,22)/b20-12-. The molecule has 0 radical (unpaired) electrons. The van der Waals surface area contributed by atoms with Gasteiger partial charge in [0.2, 0.25) is 0 Å². The number of carbonyl (C=O) groups is 1. The highest BCUT2D eigenvalue weighted by atomic mass is 16.5. The average molecular weight is 307 g/mol. The molecular weight excluding hydrogens is 290 g/mol. The van der Waals surface area contributed by atoms with Gasteiger partial charge in [0.25, 0.3) is 5.91 Å². The Kier molecular flexibility index (Phi) is 4.10. The minimum atomic E-state index is -0.258. The molecule has 116 valence electrons. The van der Waals surface area contributed by atoms with E-state index in [4.69, 9.17) is 4.74 Å². The highest BCUT2D eigenvalue weighted by Crippen LogP contribution is 2.18. The van der Waals surface area contributed by atoms with E-state index in [0.717, 1.165) is 22.2 Å². The molecule has 1 amide bonds. The number of carbonyl (C=O) groups excluding carboxylic acids is 1. The third-order valence-corrected chi connectivity index (χ3v) is 3.66. The van der Waals surface area contributed by atoms with E-state index < -0.39 is 0 Å². The maximum atomic E-state index is 12.1. The Morgan fingerprint density at radius 3 is 2.61 bits per heavy atom. The number of hydrazone groups is 1. The number of nitrogens with zero attached hydrogens (tertiary/aromatic N) is 1. The van der Waals surface area contributed by atoms with Crippen molar-refractivity contribution in [1.82, 2.24) is 10.4 Å². The zero-order valence-corrected chi connectivity index (χ0v) is 13.0. The van der Waals surface area contributed by atoms with Crippen LogP contribution in [0, 0.1) is 0 Å². The molecule has 0 fully saturated rings. The Morgan fingerprint density at radius 2 is 1.87 bits per heavy atom. The summed E-state index contributed by atoms with van der Waals surface area (Å²) in [5.74, 6) is 0.451. The summed E-state index contributed by atoms with van der Waals surface area (Å²) in [4.78, 5) is 15.3. The van der Waals surface area contributed by atoms with Gasteiger partial charge in [0, 0.05) is 28.2 Å². The zero-order chi connectivity index (χ0) is 16.2. The maximum absolute atomic E-state index is 12.1. The average Bonchev–Trinajstić information content (AvgIpc) is 3.03. The zero-order valence-electron chi connectivity index (χ0n) is 13.0. The van der Waals surface area contributed by atoms with Crippen LogP contribution in [0.5, 0.6) is 5.75 Å². The quantitative estimate of drug-likeness (QED) is 0.573. The number of methoxy groups -OCH3 is 1. The van der Waals surface area contributed by atoms with Crippen molar-refractivity contribution in [3.05, 3.63) is 65.9 Å². The molecule has 0 saturated carbocycles. The van der Waals surface area contributed by atoms with Crippen LogP contribution in [0.1, 0.15) is 22.8 Å². The number of hydrogen-bond donors (Lipinski definition) is 2. The molecule has 0 spiro atoms. The molecule has 2 N–H and O–H groups in total. The van der Waals surface area contributed by atoms with E-state index in [2.05, 4.69) is 15.5 Å². The van der Waals surface area contributed by atoms with E-state index in [1.165, 1.54) is 0 Å². The first-order chi connectivity index (χ1) is 11.2. The van der Waals surface area contributed by atoms with Crippen molar-refractivity contribution >= 4 is 22.5 Å². The molecule has 1 heterocycles. The van der Waals surface area contributed by atoms with E-state index in [9.17, 15) is 4.79 Å². The predicted octanol–water partition coefficient (Wildman–Crippen LogP) is 3.33. The number of benzene rings is 2. The lowest BCUT2D eigenvalue weighted by Crippen LogP contribution is -2.19. The lowest BCUT2D eigenvalue weighted by atomic mass is 10.1. The van der Waals surface area contributed by atoms with Gasteiger partial charge >= 0.3 is 0 Å². The number of amides is 1. The van der Waals surface area contributed by atoms with Crippen LogP contribution in [-0.4, -0.2) is 23.7 Å². The van der Waals surface area contributed by atoms with Crippen LogP contribution in [0.4, 0.5) is 0 Å². The van der Waals surface area contributed by atoms with Crippen LogP contribution in [0.2, 0.25) is 0 Å². The molecule has 2 aromatic carbocycles. The number of fused-ring (bicyclic) bond motifs is 1. The van der Waals surface area contributed by atoms with Gasteiger partial charge in [0.05, 0.1) is 12.8 Å². The van der Waals surface area contributed by atoms with Crippen molar-refractivity contribution in [3.8, 4) is 5.75 Å². The third-order valence-electron chi connectivity index (χ3n) is 3.66. The molecule has 0 atom stereocenters. The maximum Gasteiger partial charge on any atom is 0.271 e. The number of hydrogen-bond acceptors (Lipinski definition) is 3. The molecule has 3 rings (SSSR count). The van der Waals surface area contributed by atoms with Gasteiger partial charge in [0.1, 0.15) is 5.75 Å². The Hall–Kier alpha value is -3.08. The minimum absolute atomic E-state index is 0.258. The highest BCUT2D eigenvalue weighted by Gasteiger charge is 2.08. The van der Waals surface area contributed by atoms with Gasteiger partial charge in [-0.15, -0.1) is 0 Å². The smallest absolute Gasteiger partial charge is 0.271 e. The number of H-pyrrole nitrogens is 1. The summed E-state index contributed by atoms with van der Waals surface area (Å²) in [6.07, 6.45) is 1.89. The van der Waals surface area contributed by atoms with Crippen LogP contribution < -0.4 is 10.2 Å². The Labute approximate surface area is 134 Å². The minimum Gasteiger partial charge on any atom is -0.497 e. The summed E-state index contributed by atoms with van der Waals surface area (Å²) in [5.41, 5.74) is 5.86. The van der Waals surface area contributed by atoms with Gasteiger partial charge in [-0.25, -0.2) is 5.43 Å². The molecule has 0 saturated heterocycles. The van der Waals surface area contributed by atoms with Crippen LogP contribution in [0.3, 0.4) is 0 Å². The summed E-state index contributed by atoms with van der Waals surface area (Å²) >= 11 is 0. The summed E-state index contributed by atoms with van der Waals surface area (Å²) in [6.45, 7) is 1.86. The first-order valence-corrected chi connectivity index (χ1v) is 7.24. The topological polar surface area (TPSA) is 66.5 Å². The molecule has 23 heavy (non-hydrogen) atoms. The lowest BCUT2D eigenvalue weighted by molar-refractivity contribution is 0.0955. The van der Waals surface area contributed by atoms with Gasteiger partial charge in [0.15, 0.2) is 0 Å². The number of para-hydroxylation sites is 1. The molecule has 0 aliphatic carbocycles. The molecule has 0 bridgehead atoms. The highest BCUT2D eigenvalue weighted by molar-refractivity contribution is 6.10. The molecule has 5 nitrogen and oxygen atoms in total. The largest absolute Gasteiger partial charge is 0.497 e. The van der Waals surface area contributed by atoms with Gasteiger partial charge in [-0.1, -0.05) is 18.2 Å². The summed E-state index contributed by atoms with van der Waals surface area (Å²) in [7, 11) is 1.59. The Morgan fingerprint density at radius 1 is 1.13 bits per heavy atom. The van der Waals surface area contributed by atoms with Crippen LogP contribution in [0.25, 0.3) is 10.9 Å². The second-order valence-electron chi connectivity index (χ2n) is 5.11. The molecule has 0 unspecified atom stereocenters. The van der Waals surface area contributed by atoms with E-state index in [1.807, 2.05) is 37.4 Å². The number of aromatic amines is 1. The number of nitrogens with one attached hydrogen (secondary N) is 2. The number of rotatable bonds is 4. The fourth-order valence-corrected chi connectivity index (χ4v) is 2.37. The fraction of sp³-hybridized carbons (Fsp3) is 0.111. The second kappa shape index (κ2) is 6.36. The Balaban J connectivity index is 1.77. The van der Waals surface area contributed by atoms with Crippen molar-refractivity contribution in [2.45, 2.75) is 6.92 Å². The summed E-state index contributed by atoms with van der Waals surface area (Å²) in [5, 5.41) is 5.28. The van der Waals surface area contributed by atoms with Gasteiger partial charge in [-0.05, 0) is 37.3 Å². The Bertz CT molecular complexity index is 863. The van der Waals surface area contributed by atoms with Crippen molar-refractivity contribution in [2.24, 2.45) is 5.10 Å². The molecule has 1 aromatic heterocycles. The monoisotopic (exact) mass is 307 g/mol. The van der Waals surface area contributed by atoms with Gasteiger partial charge in [-0.2, -0.15) is 5.10 Å². The van der Waals surface area contributed by atoms with E-state index in [0.29, 0.717) is 11.3 Å². The second-order valence-corrected chi connectivity index (χ2v) is 5.11. The van der Waals surface area contributed by atoms with Crippen molar-refractivity contribution < 1.29 is 9.53 Å². The SMILES string of the molecule is COc1ccc(C(=O)N/N=C(/C)c2c[nH]c3ccccc23)cc1. The van der Waals surface area contributed by atoms with Crippen molar-refractivity contribution in [1.29, 1.82) is 0 Å². The molecule has 3 aromatic rings. The molecular formula is C18H17N3O2. The van der Waals surface area contributed by atoms with Crippen LogP contribution in [-0.2, 0) is 0 Å². The molecule has 5 heteroatoms. The molecule has 0 aliphatic heterocycles. The van der Waals surface area contributed by atoms with Gasteiger partial charge in [-0.3, -0.25) is 4.79 Å². The van der Waals surface area contributed by atoms with Crippen LogP contribution >= 0.6 is 0 Å². The van der Waals surface area contributed by atoms with Crippen LogP contribution in [0.15, 0.2) is 59.8 Å². The van der Waals surface area contributed by atoms with E-state index in [-0.39, 0.29) is 5.91 Å².